The number of benzene rings is 2. The highest BCUT2D eigenvalue weighted by molar-refractivity contribution is 5.91. The molecular weight excluding hydrogens is 388 g/mol. The van der Waals surface area contributed by atoms with Gasteiger partial charge in [0.25, 0.3) is 0 Å². The largest absolute Gasteiger partial charge is 0.463 e. The smallest absolute Gasteiger partial charge is 0.331 e. The quantitative estimate of drug-likeness (QED) is 0.360. The van der Waals surface area contributed by atoms with Crippen LogP contribution in [0.2, 0.25) is 0 Å². The minimum absolute atomic E-state index is 0.304. The van der Waals surface area contributed by atoms with Crippen LogP contribution in [0.15, 0.2) is 60.7 Å². The number of ether oxygens (including phenoxy) is 2. The summed E-state index contributed by atoms with van der Waals surface area (Å²) in [5.41, 5.74) is 6.40. The fourth-order valence-electron chi connectivity index (χ4n) is 3.25. The second-order valence-electron chi connectivity index (χ2n) is 7.41. The zero-order chi connectivity index (χ0) is 22.6. The lowest BCUT2D eigenvalue weighted by Gasteiger charge is -2.07. The van der Waals surface area contributed by atoms with Crippen molar-refractivity contribution in [2.24, 2.45) is 0 Å². The highest BCUT2D eigenvalue weighted by Gasteiger charge is 2.04. The summed E-state index contributed by atoms with van der Waals surface area (Å²) in [6.45, 7) is 8.20. The van der Waals surface area contributed by atoms with Crippen LogP contribution in [0.4, 0.5) is 0 Å². The molecule has 0 atom stereocenters. The van der Waals surface area contributed by atoms with Crippen molar-refractivity contribution in [3.05, 3.63) is 82.9 Å². The second kappa shape index (κ2) is 12.5. The highest BCUT2D eigenvalue weighted by atomic mass is 16.5. The molecule has 0 aliphatic rings. The molecule has 0 fully saturated rings. The van der Waals surface area contributed by atoms with E-state index in [4.69, 9.17) is 9.47 Å². The fraction of sp³-hybridized carbons (Fsp3) is 0.333. The van der Waals surface area contributed by atoms with Crippen molar-refractivity contribution in [1.29, 1.82) is 0 Å². The molecule has 2 aromatic carbocycles. The third-order valence-corrected chi connectivity index (χ3v) is 4.99. The van der Waals surface area contributed by atoms with E-state index in [0.717, 1.165) is 41.5 Å². The predicted molar refractivity (Wildman–Crippen MR) is 125 cm³/mol. The van der Waals surface area contributed by atoms with Crippen molar-refractivity contribution in [3.8, 4) is 0 Å². The number of carbonyl (C=O) groups excluding carboxylic acids is 2. The van der Waals surface area contributed by atoms with Crippen LogP contribution in [0.1, 0.15) is 56.4 Å². The molecular formula is C27H32O4. The molecule has 4 nitrogen and oxygen atoms in total. The SMILES string of the molecule is CCOC(=O)/C=C(\C)c1ccc(CCCc2ccc(/C(C)=C/C(=O)OCC)cc2)cc1. The zero-order valence-corrected chi connectivity index (χ0v) is 18.9. The van der Waals surface area contributed by atoms with Crippen molar-refractivity contribution in [2.45, 2.75) is 47.0 Å². The van der Waals surface area contributed by atoms with Crippen molar-refractivity contribution in [2.75, 3.05) is 13.2 Å². The maximum absolute atomic E-state index is 11.6. The van der Waals surface area contributed by atoms with Crippen LogP contribution in [0.3, 0.4) is 0 Å². The van der Waals surface area contributed by atoms with Gasteiger partial charge in [-0.05, 0) is 80.4 Å². The number of rotatable bonds is 10. The molecule has 4 heteroatoms. The molecule has 0 saturated heterocycles. The summed E-state index contributed by atoms with van der Waals surface area (Å²) in [5, 5.41) is 0. The first kappa shape index (κ1) is 24.1. The lowest BCUT2D eigenvalue weighted by Crippen LogP contribution is -2.00. The normalized spacial score (nSPS) is 11.9. The van der Waals surface area contributed by atoms with Crippen LogP contribution < -0.4 is 0 Å². The number of carbonyl (C=O) groups is 2. The van der Waals surface area contributed by atoms with E-state index in [-0.39, 0.29) is 11.9 Å². The molecule has 0 aliphatic heterocycles. The summed E-state index contributed by atoms with van der Waals surface area (Å²) >= 11 is 0. The number of allylic oxidation sites excluding steroid dienone is 2. The summed E-state index contributed by atoms with van der Waals surface area (Å²) in [7, 11) is 0. The lowest BCUT2D eigenvalue weighted by atomic mass is 9.99. The topological polar surface area (TPSA) is 52.6 Å². The molecule has 0 unspecified atom stereocenters. The van der Waals surface area contributed by atoms with Crippen molar-refractivity contribution < 1.29 is 19.1 Å². The third kappa shape index (κ3) is 8.25. The van der Waals surface area contributed by atoms with Gasteiger partial charge in [-0.1, -0.05) is 48.5 Å². The number of hydrogen-bond donors (Lipinski definition) is 0. The van der Waals surface area contributed by atoms with Crippen LogP contribution in [0, 0.1) is 0 Å². The Morgan fingerprint density at radius 1 is 0.677 bits per heavy atom. The third-order valence-electron chi connectivity index (χ3n) is 4.99. The van der Waals surface area contributed by atoms with E-state index in [0.29, 0.717) is 13.2 Å². The van der Waals surface area contributed by atoms with E-state index in [1.165, 1.54) is 23.3 Å². The standard InChI is InChI=1S/C27H32O4/c1-5-30-26(28)18-20(3)24-14-10-22(11-15-24)8-7-9-23-12-16-25(17-13-23)21(4)19-27(29)31-6-2/h10-19H,5-9H2,1-4H3/b20-18+,21-19+. The average molecular weight is 421 g/mol. The monoisotopic (exact) mass is 420 g/mol. The highest BCUT2D eigenvalue weighted by Crippen LogP contribution is 2.18. The van der Waals surface area contributed by atoms with Gasteiger partial charge in [-0.3, -0.25) is 0 Å². The van der Waals surface area contributed by atoms with Crippen molar-refractivity contribution in [1.82, 2.24) is 0 Å². The first-order valence-electron chi connectivity index (χ1n) is 10.8. The van der Waals surface area contributed by atoms with Gasteiger partial charge in [0.1, 0.15) is 0 Å². The molecule has 0 saturated carbocycles. The minimum Gasteiger partial charge on any atom is -0.463 e. The van der Waals surface area contributed by atoms with E-state index >= 15 is 0 Å². The Hall–Kier alpha value is -3.14. The molecule has 0 aromatic heterocycles. The van der Waals surface area contributed by atoms with Gasteiger partial charge in [-0.15, -0.1) is 0 Å². The van der Waals surface area contributed by atoms with Gasteiger partial charge >= 0.3 is 11.9 Å². The molecule has 0 heterocycles. The van der Waals surface area contributed by atoms with Gasteiger partial charge in [-0.2, -0.15) is 0 Å². The van der Waals surface area contributed by atoms with Crippen LogP contribution in [0.25, 0.3) is 11.1 Å². The average Bonchev–Trinajstić information content (AvgIpc) is 2.75. The Labute approximate surface area is 185 Å². The molecule has 2 aromatic rings. The fourth-order valence-corrected chi connectivity index (χ4v) is 3.25. The molecule has 0 aliphatic carbocycles. The first-order valence-corrected chi connectivity index (χ1v) is 10.8. The maximum atomic E-state index is 11.6. The van der Waals surface area contributed by atoms with E-state index in [2.05, 4.69) is 24.3 Å². The Morgan fingerprint density at radius 2 is 1.03 bits per heavy atom. The molecule has 0 radical (unpaired) electrons. The Kier molecular flexibility index (Phi) is 9.76. The van der Waals surface area contributed by atoms with Gasteiger partial charge in [-0.25, -0.2) is 9.59 Å². The summed E-state index contributed by atoms with van der Waals surface area (Å²) in [6.07, 6.45) is 6.10. The molecule has 2 rings (SSSR count). The van der Waals surface area contributed by atoms with Crippen LogP contribution >= 0.6 is 0 Å². The molecule has 31 heavy (non-hydrogen) atoms. The summed E-state index contributed by atoms with van der Waals surface area (Å²) in [5.74, 6) is -0.608. The number of hydrogen-bond acceptors (Lipinski definition) is 4. The number of esters is 2. The molecule has 0 amide bonds. The summed E-state index contributed by atoms with van der Waals surface area (Å²) in [4.78, 5) is 23.2. The van der Waals surface area contributed by atoms with Gasteiger partial charge in [0.05, 0.1) is 13.2 Å². The molecule has 0 bridgehead atoms. The van der Waals surface area contributed by atoms with Crippen LogP contribution in [-0.4, -0.2) is 25.2 Å². The first-order chi connectivity index (χ1) is 14.9. The van der Waals surface area contributed by atoms with E-state index in [1.54, 1.807) is 13.8 Å². The molecule has 0 spiro atoms. The van der Waals surface area contributed by atoms with E-state index < -0.39 is 0 Å². The van der Waals surface area contributed by atoms with Gasteiger partial charge < -0.3 is 9.47 Å². The Balaban J connectivity index is 1.86. The Bertz CT molecular complexity index is 841. The predicted octanol–water partition coefficient (Wildman–Crippen LogP) is 5.79. The zero-order valence-electron chi connectivity index (χ0n) is 18.9. The summed E-state index contributed by atoms with van der Waals surface area (Å²) < 4.78 is 9.92. The molecule has 0 N–H and O–H groups in total. The summed E-state index contributed by atoms with van der Waals surface area (Å²) in [6, 6.07) is 16.7. The van der Waals surface area contributed by atoms with Crippen LogP contribution in [-0.2, 0) is 31.9 Å². The van der Waals surface area contributed by atoms with Crippen molar-refractivity contribution in [3.63, 3.8) is 0 Å². The van der Waals surface area contributed by atoms with E-state index in [9.17, 15) is 9.59 Å². The van der Waals surface area contributed by atoms with Crippen molar-refractivity contribution >= 4 is 23.1 Å². The molecule has 164 valence electrons. The van der Waals surface area contributed by atoms with Crippen LogP contribution in [0.5, 0.6) is 0 Å². The van der Waals surface area contributed by atoms with E-state index in [1.807, 2.05) is 38.1 Å². The lowest BCUT2D eigenvalue weighted by molar-refractivity contribution is -0.138. The minimum atomic E-state index is -0.304. The van der Waals surface area contributed by atoms with Gasteiger partial charge in [0.2, 0.25) is 0 Å². The van der Waals surface area contributed by atoms with Gasteiger partial charge in [0.15, 0.2) is 0 Å². The Morgan fingerprint density at radius 3 is 1.35 bits per heavy atom. The number of aryl methyl sites for hydroxylation is 2. The maximum Gasteiger partial charge on any atom is 0.331 e. The van der Waals surface area contributed by atoms with Gasteiger partial charge in [0, 0.05) is 12.2 Å². The second-order valence-corrected chi connectivity index (χ2v) is 7.41.